The van der Waals surface area contributed by atoms with Gasteiger partial charge in [-0.05, 0) is 37.1 Å². The van der Waals surface area contributed by atoms with Crippen LogP contribution in [-0.2, 0) is 83.1 Å². The van der Waals surface area contributed by atoms with Crippen LogP contribution in [0.5, 0.6) is 0 Å². The van der Waals surface area contributed by atoms with E-state index in [1.165, 1.54) is 12.1 Å². The number of ether oxygens (including phenoxy) is 10. The molecule has 2 aromatic rings. The summed E-state index contributed by atoms with van der Waals surface area (Å²) in [6.07, 6.45) is 7.29. The molecular weight excluding hydrogens is 951 g/mol. The van der Waals surface area contributed by atoms with Gasteiger partial charge in [0, 0.05) is 62.0 Å². The summed E-state index contributed by atoms with van der Waals surface area (Å²) < 4.78 is 83.5. The number of rotatable bonds is 43. The van der Waals surface area contributed by atoms with Crippen LogP contribution in [0.2, 0.25) is 0 Å². The molecule has 23 nitrogen and oxygen atoms in total. The van der Waals surface area contributed by atoms with Crippen molar-refractivity contribution in [2.24, 2.45) is 10.7 Å². The zero-order chi connectivity index (χ0) is 50.8. The van der Waals surface area contributed by atoms with Crippen molar-refractivity contribution < 1.29 is 75.0 Å². The van der Waals surface area contributed by atoms with Crippen LogP contribution in [0.15, 0.2) is 58.1 Å². The number of fused-ring (bicyclic) bond motifs is 1. The second kappa shape index (κ2) is 35.3. The topological polar surface area (TPSA) is 280 Å². The van der Waals surface area contributed by atoms with E-state index in [-0.39, 0.29) is 61.6 Å². The first-order valence-corrected chi connectivity index (χ1v) is 25.3. The van der Waals surface area contributed by atoms with E-state index in [2.05, 4.69) is 19.9 Å². The van der Waals surface area contributed by atoms with E-state index in [1.54, 1.807) is 23.2 Å². The van der Waals surface area contributed by atoms with Gasteiger partial charge in [0.2, 0.25) is 10.0 Å². The molecule has 396 valence electrons. The molecule has 0 spiro atoms. The van der Waals surface area contributed by atoms with Crippen molar-refractivity contribution in [3.63, 3.8) is 0 Å². The number of nitrogens with zero attached hydrogens (tertiary/aromatic N) is 4. The molecule has 0 saturated carbocycles. The van der Waals surface area contributed by atoms with Crippen molar-refractivity contribution in [2.75, 3.05) is 152 Å². The highest BCUT2D eigenvalue weighted by molar-refractivity contribution is 7.89. The first kappa shape index (κ1) is 58.7. The van der Waals surface area contributed by atoms with Gasteiger partial charge < -0.3 is 58.0 Å². The first-order chi connectivity index (χ1) is 34.6. The molecule has 0 saturated heterocycles. The SMILES string of the molecule is CCCN(Cc1ccn[nH]1)C(=O)C1=Cc2ccc(S(=O)(=O)NCCOCCOCCOCCOCCOCCOCCOCCOCCOCCOCCCC(=O)CN3C(=O)C=CC3=O)cc2N=C(N)C1. The molecule has 3 amide bonds. The van der Waals surface area contributed by atoms with Gasteiger partial charge in [0.05, 0.1) is 155 Å². The number of benzene rings is 1. The van der Waals surface area contributed by atoms with Crippen molar-refractivity contribution in [3.8, 4) is 0 Å². The van der Waals surface area contributed by atoms with Gasteiger partial charge in [0.25, 0.3) is 17.7 Å². The lowest BCUT2D eigenvalue weighted by Crippen LogP contribution is -2.35. The predicted octanol–water partition coefficient (Wildman–Crippen LogP) is 1.34. The monoisotopic (exact) mass is 1020 g/mol. The van der Waals surface area contributed by atoms with Crippen molar-refractivity contribution in [1.82, 2.24) is 24.7 Å². The molecule has 0 bridgehead atoms. The third kappa shape index (κ3) is 24.4. The number of nitrogens with one attached hydrogen (secondary N) is 2. The Morgan fingerprint density at radius 2 is 1.21 bits per heavy atom. The highest BCUT2D eigenvalue weighted by Gasteiger charge is 2.26. The van der Waals surface area contributed by atoms with E-state index < -0.39 is 21.8 Å². The number of carbonyl (C=O) groups excluding carboxylic acids is 4. The summed E-state index contributed by atoms with van der Waals surface area (Å²) in [4.78, 5) is 55.5. The molecule has 4 rings (SSSR count). The number of amides is 3. The number of amidine groups is 1. The maximum absolute atomic E-state index is 13.5. The fraction of sp³-hybridized carbons (Fsp3) is 0.617. The van der Waals surface area contributed by atoms with Crippen molar-refractivity contribution in [2.45, 2.75) is 44.0 Å². The lowest BCUT2D eigenvalue weighted by Gasteiger charge is -2.22. The van der Waals surface area contributed by atoms with Gasteiger partial charge in [0.15, 0.2) is 5.78 Å². The second-order valence-corrected chi connectivity index (χ2v) is 17.5. The number of hydrogen-bond donors (Lipinski definition) is 3. The number of carbonyl (C=O) groups is 4. The van der Waals surface area contributed by atoms with Crippen molar-refractivity contribution in [3.05, 3.63) is 59.4 Å². The lowest BCUT2D eigenvalue weighted by atomic mass is 10.1. The van der Waals surface area contributed by atoms with Crippen LogP contribution >= 0.6 is 0 Å². The molecule has 24 heteroatoms. The fourth-order valence-corrected chi connectivity index (χ4v) is 7.64. The number of H-pyrrole nitrogens is 1. The summed E-state index contributed by atoms with van der Waals surface area (Å²) >= 11 is 0. The Morgan fingerprint density at radius 3 is 1.69 bits per heavy atom. The third-order valence-corrected chi connectivity index (χ3v) is 11.6. The molecule has 0 atom stereocenters. The van der Waals surface area contributed by atoms with Gasteiger partial charge in [-0.3, -0.25) is 29.2 Å². The third-order valence-electron chi connectivity index (χ3n) is 10.1. The van der Waals surface area contributed by atoms with Gasteiger partial charge in [-0.15, -0.1) is 0 Å². The molecule has 0 radical (unpaired) electrons. The van der Waals surface area contributed by atoms with Crippen molar-refractivity contribution in [1.29, 1.82) is 0 Å². The van der Waals surface area contributed by atoms with Crippen LogP contribution in [-0.4, -0.2) is 210 Å². The van der Waals surface area contributed by atoms with E-state index in [1.807, 2.05) is 13.0 Å². The Labute approximate surface area is 415 Å². The van der Waals surface area contributed by atoms with Gasteiger partial charge in [-0.2, -0.15) is 5.10 Å². The minimum atomic E-state index is -3.88. The Balaban J connectivity index is 0.857. The van der Waals surface area contributed by atoms with E-state index >= 15 is 0 Å². The molecule has 1 aromatic carbocycles. The quantitative estimate of drug-likeness (QED) is 0.0624. The van der Waals surface area contributed by atoms with Crippen LogP contribution in [0.4, 0.5) is 5.69 Å². The average Bonchev–Trinajstić information content (AvgIpc) is 3.94. The molecule has 0 unspecified atom stereocenters. The molecule has 2 aliphatic heterocycles. The lowest BCUT2D eigenvalue weighted by molar-refractivity contribution is -0.140. The molecule has 1 aromatic heterocycles. The molecule has 0 fully saturated rings. The van der Waals surface area contributed by atoms with Gasteiger partial charge >= 0.3 is 0 Å². The number of nitrogens with two attached hydrogens (primary N) is 1. The molecule has 0 aliphatic carbocycles. The number of imide groups is 1. The number of Topliss-reactive ketones (excluding diaryl/α,β-unsaturated/α-hetero) is 1. The van der Waals surface area contributed by atoms with Crippen LogP contribution in [0.3, 0.4) is 0 Å². The maximum Gasteiger partial charge on any atom is 0.254 e. The van der Waals surface area contributed by atoms with Crippen LogP contribution in [0.1, 0.15) is 43.9 Å². The molecule has 4 N–H and O–H groups in total. The highest BCUT2D eigenvalue weighted by atomic mass is 32.2. The molecule has 3 heterocycles. The smallest absolute Gasteiger partial charge is 0.254 e. The summed E-state index contributed by atoms with van der Waals surface area (Å²) in [5.74, 6) is -1.08. The van der Waals surface area contributed by atoms with E-state index in [0.717, 1.165) is 29.2 Å². The summed E-state index contributed by atoms with van der Waals surface area (Å²) in [7, 11) is -3.88. The normalized spacial score (nSPS) is 13.7. The summed E-state index contributed by atoms with van der Waals surface area (Å²) in [5, 5.41) is 6.85. The van der Waals surface area contributed by atoms with E-state index in [9.17, 15) is 27.6 Å². The predicted molar refractivity (Wildman–Crippen MR) is 258 cm³/mol. The zero-order valence-corrected chi connectivity index (χ0v) is 41.5. The van der Waals surface area contributed by atoms with Crippen LogP contribution in [0, 0.1) is 0 Å². The fourth-order valence-electron chi connectivity index (χ4n) is 6.61. The number of aliphatic imine (C=N–C) groups is 1. The standard InChI is InChI=1S/C47H71N7O16S/c1-2-12-53(36-40-9-10-49-52-40)47(58)39-33-38-5-6-42(35-43(38)51-44(48)34-39)71(59,60)50-11-14-62-16-18-64-20-22-66-24-26-68-28-30-70-32-31-69-29-27-67-25-23-65-21-19-63-17-15-61-13-3-4-41(55)37-54-45(56)7-8-46(54)57/h5-10,33,35,50H,2-4,11-32,34,36-37H2,1H3,(H2,48,51)(H,49,52). The van der Waals surface area contributed by atoms with E-state index in [4.69, 9.17) is 53.1 Å². The number of ketones is 1. The van der Waals surface area contributed by atoms with Gasteiger partial charge in [0.1, 0.15) is 5.84 Å². The number of aromatic nitrogens is 2. The number of aromatic amines is 1. The first-order valence-electron chi connectivity index (χ1n) is 23.8. The minimum Gasteiger partial charge on any atom is -0.387 e. The summed E-state index contributed by atoms with van der Waals surface area (Å²) in [6.45, 7) is 10.6. The summed E-state index contributed by atoms with van der Waals surface area (Å²) in [6, 6.07) is 6.35. The second-order valence-electron chi connectivity index (χ2n) is 15.7. The largest absolute Gasteiger partial charge is 0.387 e. The molecular formula is C47H71N7O16S. The van der Waals surface area contributed by atoms with Crippen LogP contribution in [0.25, 0.3) is 6.08 Å². The Morgan fingerprint density at radius 1 is 0.718 bits per heavy atom. The molecule has 71 heavy (non-hydrogen) atoms. The number of sulfonamides is 1. The Kier molecular flexibility index (Phi) is 29.2. The minimum absolute atomic E-state index is 0.0173. The summed E-state index contributed by atoms with van der Waals surface area (Å²) in [5.41, 5.74) is 8.41. The molecule has 2 aliphatic rings. The van der Waals surface area contributed by atoms with Crippen LogP contribution < -0.4 is 10.5 Å². The Hall–Kier alpha value is -4.83. The average molecular weight is 1020 g/mol. The van der Waals surface area contributed by atoms with Gasteiger partial charge in [-0.25, -0.2) is 18.1 Å². The number of hydrogen-bond acceptors (Lipinski definition) is 19. The van der Waals surface area contributed by atoms with E-state index in [0.29, 0.717) is 155 Å². The van der Waals surface area contributed by atoms with Gasteiger partial charge in [-0.1, -0.05) is 13.0 Å². The Bertz CT molecular complexity index is 2070. The highest BCUT2D eigenvalue weighted by Crippen LogP contribution is 2.30. The maximum atomic E-state index is 13.5. The van der Waals surface area contributed by atoms with Crippen molar-refractivity contribution >= 4 is 51.1 Å². The zero-order valence-electron chi connectivity index (χ0n) is 40.7.